The minimum Gasteiger partial charge on any atom is -0.376 e. The Morgan fingerprint density at radius 1 is 1.38 bits per heavy atom. The standard InChI is InChI=1S/C19H24N4O/c1-14-5-4-10-23(13-14)19(24)12-21-17-7-3-6-16(11-17)18-8-9-20-15(2)22-18/h3,6-9,11,14,21H,4-5,10,12-13H2,1-2H3/t14-/m0/s1. The van der Waals surface area contributed by atoms with Gasteiger partial charge in [0.2, 0.25) is 5.91 Å². The molecule has 1 saturated heterocycles. The maximum absolute atomic E-state index is 12.4. The van der Waals surface area contributed by atoms with E-state index in [1.165, 1.54) is 6.42 Å². The fourth-order valence-corrected chi connectivity index (χ4v) is 3.11. The Balaban J connectivity index is 1.63. The summed E-state index contributed by atoms with van der Waals surface area (Å²) in [5.74, 6) is 1.53. The van der Waals surface area contributed by atoms with Crippen LogP contribution in [0.4, 0.5) is 5.69 Å². The van der Waals surface area contributed by atoms with Gasteiger partial charge in [-0.15, -0.1) is 0 Å². The van der Waals surface area contributed by atoms with Crippen LogP contribution in [0.15, 0.2) is 36.5 Å². The van der Waals surface area contributed by atoms with Crippen molar-refractivity contribution in [3.05, 3.63) is 42.4 Å². The highest BCUT2D eigenvalue weighted by molar-refractivity contribution is 5.81. The lowest BCUT2D eigenvalue weighted by atomic mass is 10.0. The van der Waals surface area contributed by atoms with Gasteiger partial charge in [-0.1, -0.05) is 19.1 Å². The molecule has 1 N–H and O–H groups in total. The molecule has 0 bridgehead atoms. The number of aromatic nitrogens is 2. The van der Waals surface area contributed by atoms with Gasteiger partial charge in [0, 0.05) is 30.5 Å². The minimum absolute atomic E-state index is 0.171. The van der Waals surface area contributed by atoms with E-state index in [0.29, 0.717) is 12.5 Å². The van der Waals surface area contributed by atoms with E-state index in [0.717, 1.165) is 42.3 Å². The number of carbonyl (C=O) groups excluding carboxylic acids is 1. The van der Waals surface area contributed by atoms with Gasteiger partial charge < -0.3 is 10.2 Å². The van der Waals surface area contributed by atoms with E-state index in [2.05, 4.69) is 22.2 Å². The fourth-order valence-electron chi connectivity index (χ4n) is 3.11. The number of nitrogens with one attached hydrogen (secondary N) is 1. The molecule has 1 aromatic carbocycles. The van der Waals surface area contributed by atoms with Gasteiger partial charge in [-0.2, -0.15) is 0 Å². The van der Waals surface area contributed by atoms with Gasteiger partial charge in [0.1, 0.15) is 5.82 Å². The van der Waals surface area contributed by atoms with Gasteiger partial charge in [0.15, 0.2) is 0 Å². The number of carbonyl (C=O) groups is 1. The smallest absolute Gasteiger partial charge is 0.241 e. The van der Waals surface area contributed by atoms with Gasteiger partial charge in [-0.05, 0) is 43.9 Å². The lowest BCUT2D eigenvalue weighted by molar-refractivity contribution is -0.130. The molecule has 0 spiro atoms. The molecule has 1 aromatic heterocycles. The molecule has 1 aliphatic rings. The van der Waals surface area contributed by atoms with Gasteiger partial charge >= 0.3 is 0 Å². The Labute approximate surface area is 143 Å². The SMILES string of the molecule is Cc1nccc(-c2cccc(NCC(=O)N3CCC[C@H](C)C3)c2)n1. The lowest BCUT2D eigenvalue weighted by Crippen LogP contribution is -2.41. The van der Waals surface area contributed by atoms with E-state index >= 15 is 0 Å². The van der Waals surface area contributed by atoms with Crippen LogP contribution in [-0.2, 0) is 4.79 Å². The summed E-state index contributed by atoms with van der Waals surface area (Å²) in [4.78, 5) is 22.9. The van der Waals surface area contributed by atoms with Crippen LogP contribution in [0.3, 0.4) is 0 Å². The lowest BCUT2D eigenvalue weighted by Gasteiger charge is -2.31. The van der Waals surface area contributed by atoms with E-state index in [-0.39, 0.29) is 5.91 Å². The third kappa shape index (κ3) is 4.10. The van der Waals surface area contributed by atoms with Crippen LogP contribution in [0, 0.1) is 12.8 Å². The fraction of sp³-hybridized carbons (Fsp3) is 0.421. The first-order valence-corrected chi connectivity index (χ1v) is 8.53. The van der Waals surface area contributed by atoms with E-state index in [1.807, 2.05) is 42.2 Å². The summed E-state index contributed by atoms with van der Waals surface area (Å²) in [6.07, 6.45) is 4.09. The summed E-state index contributed by atoms with van der Waals surface area (Å²) in [6.45, 7) is 6.18. The summed E-state index contributed by atoms with van der Waals surface area (Å²) in [5.41, 5.74) is 2.84. The first-order valence-electron chi connectivity index (χ1n) is 8.53. The number of amides is 1. The van der Waals surface area contributed by atoms with Crippen molar-refractivity contribution in [1.82, 2.24) is 14.9 Å². The van der Waals surface area contributed by atoms with Crippen LogP contribution in [0.5, 0.6) is 0 Å². The molecular weight excluding hydrogens is 300 g/mol. The monoisotopic (exact) mass is 324 g/mol. The van der Waals surface area contributed by atoms with Crippen molar-refractivity contribution in [2.24, 2.45) is 5.92 Å². The molecule has 126 valence electrons. The largest absolute Gasteiger partial charge is 0.376 e. The second-order valence-corrected chi connectivity index (χ2v) is 6.51. The maximum Gasteiger partial charge on any atom is 0.241 e. The average Bonchev–Trinajstić information content (AvgIpc) is 2.60. The predicted molar refractivity (Wildman–Crippen MR) is 95.7 cm³/mol. The van der Waals surface area contributed by atoms with Crippen molar-refractivity contribution in [2.75, 3.05) is 25.0 Å². The molecule has 5 nitrogen and oxygen atoms in total. The Kier molecular flexibility index (Phi) is 5.08. The number of likely N-dealkylation sites (tertiary alicyclic amines) is 1. The maximum atomic E-state index is 12.4. The molecule has 1 amide bonds. The molecule has 1 aliphatic heterocycles. The molecule has 3 rings (SSSR count). The number of hydrogen-bond donors (Lipinski definition) is 1. The van der Waals surface area contributed by atoms with Crippen LogP contribution in [0.2, 0.25) is 0 Å². The van der Waals surface area contributed by atoms with Crippen LogP contribution < -0.4 is 5.32 Å². The molecule has 1 fully saturated rings. The third-order valence-electron chi connectivity index (χ3n) is 4.39. The van der Waals surface area contributed by atoms with Crippen molar-refractivity contribution in [3.8, 4) is 11.3 Å². The second-order valence-electron chi connectivity index (χ2n) is 6.51. The number of aryl methyl sites for hydroxylation is 1. The minimum atomic E-state index is 0.171. The van der Waals surface area contributed by atoms with E-state index < -0.39 is 0 Å². The molecule has 5 heteroatoms. The van der Waals surface area contributed by atoms with E-state index in [4.69, 9.17) is 0 Å². The molecule has 0 aliphatic carbocycles. The molecule has 24 heavy (non-hydrogen) atoms. The van der Waals surface area contributed by atoms with Crippen molar-refractivity contribution in [2.45, 2.75) is 26.7 Å². The Hall–Kier alpha value is -2.43. The molecule has 2 heterocycles. The van der Waals surface area contributed by atoms with Crippen molar-refractivity contribution in [1.29, 1.82) is 0 Å². The Morgan fingerprint density at radius 3 is 3.04 bits per heavy atom. The number of anilines is 1. The topological polar surface area (TPSA) is 58.1 Å². The second kappa shape index (κ2) is 7.43. The van der Waals surface area contributed by atoms with Crippen molar-refractivity contribution >= 4 is 11.6 Å². The van der Waals surface area contributed by atoms with Gasteiger partial charge in [-0.25, -0.2) is 9.97 Å². The number of hydrogen-bond acceptors (Lipinski definition) is 4. The van der Waals surface area contributed by atoms with Crippen molar-refractivity contribution in [3.63, 3.8) is 0 Å². The molecule has 0 saturated carbocycles. The molecule has 2 aromatic rings. The highest BCUT2D eigenvalue weighted by atomic mass is 16.2. The molecule has 0 unspecified atom stereocenters. The summed E-state index contributed by atoms with van der Waals surface area (Å²) in [7, 11) is 0. The van der Waals surface area contributed by atoms with Crippen LogP contribution in [-0.4, -0.2) is 40.4 Å². The van der Waals surface area contributed by atoms with Gasteiger partial charge in [0.25, 0.3) is 0 Å². The average molecular weight is 324 g/mol. The highest BCUT2D eigenvalue weighted by Crippen LogP contribution is 2.21. The van der Waals surface area contributed by atoms with E-state index in [1.54, 1.807) is 6.20 Å². The summed E-state index contributed by atoms with van der Waals surface area (Å²) in [6, 6.07) is 9.88. The zero-order chi connectivity index (χ0) is 16.9. The Morgan fingerprint density at radius 2 is 2.25 bits per heavy atom. The predicted octanol–water partition coefficient (Wildman–Crippen LogP) is 3.12. The zero-order valence-corrected chi connectivity index (χ0v) is 14.3. The Bertz CT molecular complexity index is 716. The van der Waals surface area contributed by atoms with Crippen molar-refractivity contribution < 1.29 is 4.79 Å². The zero-order valence-electron chi connectivity index (χ0n) is 14.3. The highest BCUT2D eigenvalue weighted by Gasteiger charge is 2.20. The van der Waals surface area contributed by atoms with Crippen LogP contribution in [0.25, 0.3) is 11.3 Å². The summed E-state index contributed by atoms with van der Waals surface area (Å²) in [5, 5.41) is 3.25. The molecule has 1 atom stereocenters. The molecular formula is C19H24N4O. The van der Waals surface area contributed by atoms with E-state index in [9.17, 15) is 4.79 Å². The van der Waals surface area contributed by atoms with Crippen LogP contribution in [0.1, 0.15) is 25.6 Å². The number of piperidine rings is 1. The van der Waals surface area contributed by atoms with Gasteiger partial charge in [-0.3, -0.25) is 4.79 Å². The van der Waals surface area contributed by atoms with Gasteiger partial charge in [0.05, 0.1) is 12.2 Å². The summed E-state index contributed by atoms with van der Waals surface area (Å²) >= 11 is 0. The third-order valence-corrected chi connectivity index (χ3v) is 4.39. The number of rotatable bonds is 4. The quantitative estimate of drug-likeness (QED) is 0.939. The number of nitrogens with zero attached hydrogens (tertiary/aromatic N) is 3. The first-order chi connectivity index (χ1) is 11.6. The number of benzene rings is 1. The van der Waals surface area contributed by atoms with Crippen LogP contribution >= 0.6 is 0 Å². The summed E-state index contributed by atoms with van der Waals surface area (Å²) < 4.78 is 0. The normalized spacial score (nSPS) is 17.6. The first kappa shape index (κ1) is 16.4. The molecule has 0 radical (unpaired) electrons.